The lowest BCUT2D eigenvalue weighted by molar-refractivity contribution is 0.324. The van der Waals surface area contributed by atoms with Crippen molar-refractivity contribution in [2.24, 2.45) is 0 Å². The van der Waals surface area contributed by atoms with Gasteiger partial charge in [-0.25, -0.2) is 4.98 Å². The first-order valence-electron chi connectivity index (χ1n) is 10.3. The highest BCUT2D eigenvalue weighted by atomic mass is 32.2. The Labute approximate surface area is 196 Å². The van der Waals surface area contributed by atoms with Crippen molar-refractivity contribution in [1.29, 1.82) is 0 Å². The number of benzene rings is 3. The van der Waals surface area contributed by atoms with Crippen molar-refractivity contribution in [1.82, 2.24) is 9.55 Å². The van der Waals surface area contributed by atoms with E-state index in [1.165, 1.54) is 11.9 Å². The molecule has 0 atom stereocenters. The molecule has 1 heterocycles. The molecule has 4 rings (SSSR count). The Kier molecular flexibility index (Phi) is 6.74. The zero-order valence-electron chi connectivity index (χ0n) is 18.9. The van der Waals surface area contributed by atoms with Crippen LogP contribution in [0.4, 0.5) is 5.69 Å². The predicted octanol–water partition coefficient (Wildman–Crippen LogP) is 4.98. The normalized spacial score (nSPS) is 10.8. The molecule has 0 amide bonds. The number of hydrogen-bond acceptors (Lipinski definition) is 7. The molecule has 0 aliphatic rings. The maximum absolute atomic E-state index is 13.0. The highest BCUT2D eigenvalue weighted by Gasteiger charge is 2.13. The first-order valence-corrected chi connectivity index (χ1v) is 11.3. The molecule has 0 spiro atoms. The highest BCUT2D eigenvalue weighted by Crippen LogP contribution is 2.39. The van der Waals surface area contributed by atoms with E-state index in [1.807, 2.05) is 61.5 Å². The Morgan fingerprint density at radius 2 is 1.61 bits per heavy atom. The number of ether oxygens (including phenoxy) is 3. The third-order valence-corrected chi connectivity index (χ3v) is 6.08. The molecule has 7 nitrogen and oxygen atoms in total. The van der Waals surface area contributed by atoms with Crippen molar-refractivity contribution in [3.05, 3.63) is 82.4 Å². The first-order chi connectivity index (χ1) is 16.0. The molecular formula is C25H25N3O4S. The van der Waals surface area contributed by atoms with Gasteiger partial charge in [0.2, 0.25) is 5.75 Å². The van der Waals surface area contributed by atoms with Crippen LogP contribution in [0.5, 0.6) is 17.2 Å². The average Bonchev–Trinajstić information content (AvgIpc) is 2.84. The maximum Gasteiger partial charge on any atom is 0.265 e. The zero-order chi connectivity index (χ0) is 23.4. The molecule has 0 saturated carbocycles. The summed E-state index contributed by atoms with van der Waals surface area (Å²) in [5, 5.41) is 0.603. The number of aromatic nitrogens is 2. The van der Waals surface area contributed by atoms with Gasteiger partial charge in [0.15, 0.2) is 11.5 Å². The molecule has 0 unspecified atom stereocenters. The number of nitrogens with one attached hydrogen (secondary N) is 1. The number of hydrogen-bond donors (Lipinski definition) is 1. The van der Waals surface area contributed by atoms with Gasteiger partial charge in [-0.15, -0.1) is 0 Å². The molecule has 0 radical (unpaired) electrons. The summed E-state index contributed by atoms with van der Waals surface area (Å²) in [7, 11) is 4.79. The van der Waals surface area contributed by atoms with Crippen LogP contribution in [0.25, 0.3) is 16.6 Å². The molecule has 3 aromatic carbocycles. The van der Waals surface area contributed by atoms with Gasteiger partial charge in [-0.2, -0.15) is 0 Å². The zero-order valence-corrected chi connectivity index (χ0v) is 19.7. The molecular weight excluding hydrogens is 438 g/mol. The third kappa shape index (κ3) is 4.61. The fraction of sp³-hybridized carbons (Fsp3) is 0.200. The molecule has 1 aromatic heterocycles. The molecule has 0 aliphatic heterocycles. The average molecular weight is 464 g/mol. The molecule has 170 valence electrons. The SMILES string of the molecule is COc1cc(CSNc2ccc(-n3c(C)nc4ccccc4c3=O)cc2)cc(OC)c1OC. The van der Waals surface area contributed by atoms with Crippen LogP contribution in [0.2, 0.25) is 0 Å². The topological polar surface area (TPSA) is 74.6 Å². The summed E-state index contributed by atoms with van der Waals surface area (Å²) in [6.07, 6.45) is 0. The van der Waals surface area contributed by atoms with Gasteiger partial charge in [-0.1, -0.05) is 12.1 Å². The van der Waals surface area contributed by atoms with E-state index in [9.17, 15) is 4.79 Å². The van der Waals surface area contributed by atoms with Crippen molar-refractivity contribution < 1.29 is 14.2 Å². The second-order valence-corrected chi connectivity index (χ2v) is 8.07. The monoisotopic (exact) mass is 463 g/mol. The third-order valence-electron chi connectivity index (χ3n) is 5.22. The summed E-state index contributed by atoms with van der Waals surface area (Å²) < 4.78 is 21.2. The summed E-state index contributed by atoms with van der Waals surface area (Å²) in [6.45, 7) is 1.84. The largest absolute Gasteiger partial charge is 0.493 e. The van der Waals surface area contributed by atoms with Gasteiger partial charge in [0.25, 0.3) is 5.56 Å². The van der Waals surface area contributed by atoms with Gasteiger partial charge in [0.1, 0.15) is 5.82 Å². The Hall–Kier alpha value is -3.65. The van der Waals surface area contributed by atoms with Crippen molar-refractivity contribution in [3.8, 4) is 22.9 Å². The standard InChI is InChI=1S/C25H25N3O4S/c1-16-26-21-8-6-5-7-20(21)25(29)28(16)19-11-9-18(10-12-19)27-33-15-17-13-22(30-2)24(32-4)23(14-17)31-3/h5-14,27H,15H2,1-4H3. The van der Waals surface area contributed by atoms with Crippen molar-refractivity contribution in [3.63, 3.8) is 0 Å². The molecule has 0 bridgehead atoms. The number of anilines is 1. The van der Waals surface area contributed by atoms with Gasteiger partial charge >= 0.3 is 0 Å². The first kappa shape index (κ1) is 22.5. The van der Waals surface area contributed by atoms with E-state index in [-0.39, 0.29) is 5.56 Å². The van der Waals surface area contributed by atoms with Crippen LogP contribution in [-0.2, 0) is 5.75 Å². The van der Waals surface area contributed by atoms with Crippen LogP contribution in [0.1, 0.15) is 11.4 Å². The van der Waals surface area contributed by atoms with Gasteiger partial charge in [-0.05, 0) is 73.0 Å². The van der Waals surface area contributed by atoms with Gasteiger partial charge < -0.3 is 18.9 Å². The number of fused-ring (bicyclic) bond motifs is 1. The minimum Gasteiger partial charge on any atom is -0.493 e. The van der Waals surface area contributed by atoms with E-state index in [2.05, 4.69) is 9.71 Å². The molecule has 4 aromatic rings. The van der Waals surface area contributed by atoms with Crippen LogP contribution in [0, 0.1) is 6.92 Å². The van der Waals surface area contributed by atoms with E-state index < -0.39 is 0 Å². The summed E-state index contributed by atoms with van der Waals surface area (Å²) in [6, 6.07) is 19.0. The lowest BCUT2D eigenvalue weighted by Crippen LogP contribution is -2.22. The fourth-order valence-electron chi connectivity index (χ4n) is 3.65. The Balaban J connectivity index is 1.48. The highest BCUT2D eigenvalue weighted by molar-refractivity contribution is 7.99. The van der Waals surface area contributed by atoms with Gasteiger partial charge in [-0.3, -0.25) is 9.36 Å². The van der Waals surface area contributed by atoms with Crippen LogP contribution in [0.3, 0.4) is 0 Å². The lowest BCUT2D eigenvalue weighted by Gasteiger charge is -2.14. The maximum atomic E-state index is 13.0. The molecule has 0 saturated heterocycles. The molecule has 33 heavy (non-hydrogen) atoms. The van der Waals surface area contributed by atoms with Gasteiger partial charge in [0.05, 0.1) is 37.9 Å². The molecule has 0 fully saturated rings. The fourth-order valence-corrected chi connectivity index (χ4v) is 4.36. The van der Waals surface area contributed by atoms with E-state index in [1.54, 1.807) is 32.0 Å². The number of aryl methyl sites for hydroxylation is 1. The summed E-state index contributed by atoms with van der Waals surface area (Å²) in [4.78, 5) is 17.6. The second kappa shape index (κ2) is 9.87. The molecule has 8 heteroatoms. The number of rotatable bonds is 8. The van der Waals surface area contributed by atoms with E-state index in [4.69, 9.17) is 14.2 Å². The van der Waals surface area contributed by atoms with Crippen LogP contribution >= 0.6 is 11.9 Å². The number of para-hydroxylation sites is 1. The quantitative estimate of drug-likeness (QED) is 0.369. The predicted molar refractivity (Wildman–Crippen MR) is 133 cm³/mol. The van der Waals surface area contributed by atoms with Crippen LogP contribution in [-0.4, -0.2) is 30.9 Å². The van der Waals surface area contributed by atoms with Crippen LogP contribution < -0.4 is 24.5 Å². The summed E-state index contributed by atoms with van der Waals surface area (Å²) in [5.74, 6) is 3.16. The Morgan fingerprint density at radius 3 is 2.24 bits per heavy atom. The smallest absolute Gasteiger partial charge is 0.265 e. The lowest BCUT2D eigenvalue weighted by atomic mass is 10.2. The molecule has 0 aliphatic carbocycles. The Morgan fingerprint density at radius 1 is 0.939 bits per heavy atom. The summed E-state index contributed by atoms with van der Waals surface area (Å²) >= 11 is 1.54. The Bertz CT molecular complexity index is 1310. The van der Waals surface area contributed by atoms with Gasteiger partial charge in [0, 0.05) is 11.4 Å². The van der Waals surface area contributed by atoms with Crippen molar-refractivity contribution in [2.45, 2.75) is 12.7 Å². The van der Waals surface area contributed by atoms with E-state index in [0.29, 0.717) is 39.7 Å². The second-order valence-electron chi connectivity index (χ2n) is 7.29. The minimum atomic E-state index is -0.0735. The van der Waals surface area contributed by atoms with Crippen molar-refractivity contribution >= 4 is 28.5 Å². The van der Waals surface area contributed by atoms with Crippen LogP contribution in [0.15, 0.2) is 65.5 Å². The molecule has 1 N–H and O–H groups in total. The summed E-state index contributed by atoms with van der Waals surface area (Å²) in [5.41, 5.74) is 3.36. The van der Waals surface area contributed by atoms with E-state index >= 15 is 0 Å². The minimum absolute atomic E-state index is 0.0735. The van der Waals surface area contributed by atoms with E-state index in [0.717, 1.165) is 16.9 Å². The van der Waals surface area contributed by atoms with Crippen molar-refractivity contribution in [2.75, 3.05) is 26.1 Å². The number of nitrogens with zero attached hydrogens (tertiary/aromatic N) is 2. The number of methoxy groups -OCH3 is 3.